The van der Waals surface area contributed by atoms with E-state index < -0.39 is 214 Å². The normalized spacial score (nSPS) is 23.4. The second kappa shape index (κ2) is 47.7. The number of hydrogen-bond donors (Lipinski definition) is 1. The van der Waals surface area contributed by atoms with Crippen molar-refractivity contribution < 1.29 is 147 Å². The monoisotopic (exact) mass is 1860 g/mol. The molecule has 0 radical (unpaired) electrons. The number of carbonyl (C=O) groups excluding carboxylic acids is 11. The van der Waals surface area contributed by atoms with Crippen LogP contribution in [0.3, 0.4) is 0 Å². The third-order valence-electron chi connectivity index (χ3n) is 22.1. The molecule has 4 saturated heterocycles. The molecule has 4 heterocycles. The van der Waals surface area contributed by atoms with E-state index in [-0.39, 0.29) is 68.8 Å². The Balaban J connectivity index is 0.973. The van der Waals surface area contributed by atoms with Gasteiger partial charge in [-0.05, 0) is 149 Å². The van der Waals surface area contributed by atoms with Gasteiger partial charge in [-0.25, -0.2) is 47.9 Å². The molecular weight excluding hydrogens is 1760 g/mol. The topological polar surface area (TPSA) is 384 Å². The third kappa shape index (κ3) is 26.3. The van der Waals surface area contributed by atoms with Crippen molar-refractivity contribution in [1.29, 1.82) is 0 Å². The summed E-state index contributed by atoms with van der Waals surface area (Å²) in [5.41, 5.74) is -0.200. The number of rotatable bonds is 39. The minimum atomic E-state index is -2.38. The van der Waals surface area contributed by atoms with Crippen LogP contribution in [0.1, 0.15) is 151 Å². The molecule has 708 valence electrons. The Hall–Kier alpha value is -14.0. The van der Waals surface area contributed by atoms with Gasteiger partial charge in [-0.2, -0.15) is 0 Å². The number of carbonyl (C=O) groups is 11. The van der Waals surface area contributed by atoms with Crippen molar-refractivity contribution >= 4 is 65.6 Å². The maximum absolute atomic E-state index is 15.8. The molecule has 10 aromatic rings. The Labute approximate surface area is 783 Å². The van der Waals surface area contributed by atoms with Gasteiger partial charge in [0.15, 0.2) is 67.6 Å². The molecule has 32 heteroatoms. The highest BCUT2D eigenvalue weighted by Crippen LogP contribution is 2.41. The summed E-state index contributed by atoms with van der Waals surface area (Å²) in [6, 6.07) is 74.6. The maximum Gasteiger partial charge on any atom is 0.338 e. The van der Waals surface area contributed by atoms with Crippen molar-refractivity contribution in [2.45, 2.75) is 170 Å². The van der Waals surface area contributed by atoms with Gasteiger partial charge in [0.2, 0.25) is 5.91 Å². The van der Waals surface area contributed by atoms with Gasteiger partial charge in [-0.3, -0.25) is 4.79 Å². The molecule has 7 unspecified atom stereocenters. The molecule has 1 N–H and O–H groups in total. The van der Waals surface area contributed by atoms with Crippen LogP contribution in [0.2, 0.25) is 0 Å². The number of unbranched alkanes of at least 4 members (excludes halogenated alkanes) is 1. The zero-order chi connectivity index (χ0) is 95.5. The summed E-state index contributed by atoms with van der Waals surface area (Å²) < 4.78 is 134. The van der Waals surface area contributed by atoms with Crippen molar-refractivity contribution in [3.05, 3.63) is 359 Å². The fourth-order valence-electron chi connectivity index (χ4n) is 15.3. The number of amides is 1. The third-order valence-corrected chi connectivity index (χ3v) is 22.1. The molecule has 19 atom stereocenters. The summed E-state index contributed by atoms with van der Waals surface area (Å²) in [7, 11) is 0. The predicted octanol–water partition coefficient (Wildman–Crippen LogP) is 13.3. The zero-order valence-corrected chi connectivity index (χ0v) is 74.6. The van der Waals surface area contributed by atoms with Crippen LogP contribution in [0.5, 0.6) is 0 Å². The molecule has 0 saturated carbocycles. The van der Waals surface area contributed by atoms with E-state index in [0.717, 1.165) is 6.92 Å². The summed E-state index contributed by atoms with van der Waals surface area (Å²) in [4.78, 5) is 165. The van der Waals surface area contributed by atoms with Gasteiger partial charge in [-0.1, -0.05) is 195 Å². The minimum Gasteiger partial charge on any atom is -0.459 e. The Bertz CT molecular complexity index is 5610. The fourth-order valence-corrected chi connectivity index (χ4v) is 15.3. The standard InChI is InChI=1S/C104H101NO31/c1-6-7-58-117-102-88(131-98(115)74-54-34-16-35-55-74)86(130-97(114)73-52-32-15-33-53-73)84(80(126-102)62-121-93(110)69-44-24-11-25-45-69)134-103-89(132-99(116)75-56-36-17-37-57-75)87(83(128-95(112)71-48-28-13-29-49-71)79(127-103)61-120-92(109)68-42-22-10-23-43-68)135-101-81(105-65(3)106)85(129-96(113)72-50-30-14-31-51-72)82(78(125-101)60-119-91(108)67-40-20-9-21-41-67)133-100(64(2)123-94(111)70-46-26-12-27-47-70)124-76(77-63-122-104(4,5)136-77)59-118-90(107)66-38-18-8-19-39-66/h8-57,64,76-89,100-103H,6-7,58-63H2,1-5H3,(H,105,106)/t64-,76?,77+,78?,79?,80?,81-,82+,83-,84+,85?,86?,87?,88-,89-,100-,101-,102+,103-/m0/s1. The molecular formula is C104H101NO31. The van der Waals surface area contributed by atoms with E-state index in [2.05, 4.69) is 5.32 Å². The first-order chi connectivity index (χ1) is 66.0. The molecule has 10 aromatic carbocycles. The van der Waals surface area contributed by atoms with Crippen LogP contribution in [0.15, 0.2) is 303 Å². The van der Waals surface area contributed by atoms with Gasteiger partial charge in [0.05, 0.1) is 62.2 Å². The maximum atomic E-state index is 15.8. The highest BCUT2D eigenvalue weighted by atomic mass is 16.8. The van der Waals surface area contributed by atoms with Crippen molar-refractivity contribution in [2.75, 3.05) is 39.6 Å². The minimum absolute atomic E-state index is 0.000313. The second-order valence-electron chi connectivity index (χ2n) is 32.3. The fraction of sp³-hybridized carbons (Fsp3) is 0.317. The first-order valence-corrected chi connectivity index (χ1v) is 44.3. The quantitative estimate of drug-likeness (QED) is 0.0162. The summed E-state index contributed by atoms with van der Waals surface area (Å²) in [6.07, 6.45) is -34.4. The molecule has 32 nitrogen and oxygen atoms in total. The number of benzene rings is 10. The van der Waals surface area contributed by atoms with Crippen LogP contribution in [0, 0.1) is 0 Å². The highest BCUT2D eigenvalue weighted by Gasteiger charge is 2.61. The Kier molecular flexibility index (Phi) is 34.4. The van der Waals surface area contributed by atoms with E-state index in [1.165, 1.54) is 165 Å². The molecule has 14 rings (SSSR count). The van der Waals surface area contributed by atoms with Crippen molar-refractivity contribution in [1.82, 2.24) is 5.32 Å². The molecule has 0 aromatic heterocycles. The van der Waals surface area contributed by atoms with Gasteiger partial charge >= 0.3 is 59.7 Å². The number of esters is 10. The van der Waals surface area contributed by atoms with Gasteiger partial charge in [-0.15, -0.1) is 0 Å². The van der Waals surface area contributed by atoms with Crippen LogP contribution in [-0.4, -0.2) is 228 Å². The lowest BCUT2D eigenvalue weighted by molar-refractivity contribution is -0.376. The molecule has 0 spiro atoms. The van der Waals surface area contributed by atoms with E-state index in [1.807, 2.05) is 6.92 Å². The summed E-state index contributed by atoms with van der Waals surface area (Å²) >= 11 is 0. The number of ether oxygens (including phenoxy) is 20. The van der Waals surface area contributed by atoms with E-state index in [4.69, 9.17) is 94.7 Å². The lowest BCUT2D eigenvalue weighted by atomic mass is 9.94. The molecule has 4 aliphatic rings. The highest BCUT2D eigenvalue weighted by molar-refractivity contribution is 5.94. The van der Waals surface area contributed by atoms with Gasteiger partial charge in [0.1, 0.15) is 81.3 Å². The van der Waals surface area contributed by atoms with Gasteiger partial charge < -0.3 is 100 Å². The summed E-state index contributed by atoms with van der Waals surface area (Å²) in [5.74, 6) is -12.4. The van der Waals surface area contributed by atoms with Crippen LogP contribution in [0.4, 0.5) is 0 Å². The van der Waals surface area contributed by atoms with Crippen molar-refractivity contribution in [3.63, 3.8) is 0 Å². The van der Waals surface area contributed by atoms with Crippen LogP contribution in [-0.2, 0) is 99.5 Å². The Morgan fingerprint density at radius 1 is 0.360 bits per heavy atom. The number of hydrogen-bond acceptors (Lipinski definition) is 31. The lowest BCUT2D eigenvalue weighted by Gasteiger charge is -2.51. The van der Waals surface area contributed by atoms with E-state index in [1.54, 1.807) is 159 Å². The SMILES string of the molecule is CCCCO[C@@H]1OC(COC(=O)c2ccccc2)[C@@H](O[C@@H]2OC(COC(=O)c3ccccc3)[C@H](OC(=O)c3ccccc3)C(O[C@@H]3OC(COC(=O)c4ccccc4)[C@@H](O[C@H](OC(COC(=O)c4ccccc4)[C@H]4COC(C)(C)O4)[C@H](C)OC(=O)c4ccccc4)C(OC(=O)c4ccccc4)[C@@H]3NC(C)=O)[C@@H]2OC(=O)c2ccccc2)C(OC(=O)c2ccccc2)[C@@H]1OC(=O)c1ccccc1. The molecule has 1 amide bonds. The molecule has 4 aliphatic heterocycles. The molecule has 0 bridgehead atoms. The van der Waals surface area contributed by atoms with Crippen LogP contribution < -0.4 is 5.32 Å². The smallest absolute Gasteiger partial charge is 0.338 e. The second-order valence-corrected chi connectivity index (χ2v) is 32.3. The van der Waals surface area contributed by atoms with E-state index in [9.17, 15) is 33.6 Å². The van der Waals surface area contributed by atoms with Gasteiger partial charge in [0, 0.05) is 13.5 Å². The molecule has 4 fully saturated rings. The zero-order valence-electron chi connectivity index (χ0n) is 74.6. The Morgan fingerprint density at radius 2 is 0.676 bits per heavy atom. The Morgan fingerprint density at radius 3 is 1.05 bits per heavy atom. The largest absolute Gasteiger partial charge is 0.459 e. The van der Waals surface area contributed by atoms with Gasteiger partial charge in [0.25, 0.3) is 0 Å². The molecule has 136 heavy (non-hydrogen) atoms. The average molecular weight is 1860 g/mol. The van der Waals surface area contributed by atoms with Crippen molar-refractivity contribution in [2.24, 2.45) is 0 Å². The van der Waals surface area contributed by atoms with E-state index >= 15 is 19.2 Å². The average Bonchev–Trinajstić information content (AvgIpc) is 0.828. The van der Waals surface area contributed by atoms with Crippen LogP contribution in [0.25, 0.3) is 0 Å². The van der Waals surface area contributed by atoms with Crippen molar-refractivity contribution in [3.8, 4) is 0 Å². The van der Waals surface area contributed by atoms with E-state index in [0.29, 0.717) is 12.8 Å². The summed E-state index contributed by atoms with van der Waals surface area (Å²) in [6.45, 7) is 3.95. The lowest BCUT2D eigenvalue weighted by Crippen LogP contribution is -2.70. The predicted molar refractivity (Wildman–Crippen MR) is 479 cm³/mol. The summed E-state index contributed by atoms with van der Waals surface area (Å²) in [5, 5.41) is 2.83. The van der Waals surface area contributed by atoms with Crippen LogP contribution >= 0.6 is 0 Å². The first kappa shape index (κ1) is 98.0. The number of nitrogens with one attached hydrogen (secondary N) is 1. The first-order valence-electron chi connectivity index (χ1n) is 44.3. The molecule has 0 aliphatic carbocycles.